The molecule has 0 saturated carbocycles. The van der Waals surface area contributed by atoms with Gasteiger partial charge in [0.2, 0.25) is 0 Å². The summed E-state index contributed by atoms with van der Waals surface area (Å²) < 4.78 is 19.0. The number of aliphatic hydroxyl groups is 1. The predicted molar refractivity (Wildman–Crippen MR) is 102 cm³/mol. The van der Waals surface area contributed by atoms with Crippen molar-refractivity contribution in [3.63, 3.8) is 0 Å². The van der Waals surface area contributed by atoms with Crippen molar-refractivity contribution in [1.82, 2.24) is 0 Å². The number of anilines is 1. The maximum atomic E-state index is 13.7. The Labute approximate surface area is 155 Å². The summed E-state index contributed by atoms with van der Waals surface area (Å²) in [6.45, 7) is 4.00. The molecule has 0 bridgehead atoms. The van der Waals surface area contributed by atoms with Crippen molar-refractivity contribution in [3.8, 4) is 0 Å². The number of esters is 1. The van der Waals surface area contributed by atoms with Gasteiger partial charge in [0.1, 0.15) is 5.82 Å². The first kappa shape index (κ1) is 20.9. The first-order valence-corrected chi connectivity index (χ1v) is 8.54. The Morgan fingerprint density at radius 1 is 1.24 bits per heavy atom. The Bertz CT molecular complexity index is 717. The van der Waals surface area contributed by atoms with E-state index in [1.165, 1.54) is 31.4 Å². The van der Waals surface area contributed by atoms with E-state index < -0.39 is 18.0 Å². The van der Waals surface area contributed by atoms with Crippen molar-refractivity contribution in [1.29, 1.82) is 0 Å². The second-order valence-corrected chi connectivity index (χ2v) is 5.64. The SMILES string of the molecule is CC.COC(=O)/C=C/c1cc(F)cc(NC(O)c2ccc(Br)cc2)c1. The van der Waals surface area contributed by atoms with Gasteiger partial charge in [-0.1, -0.05) is 41.9 Å². The van der Waals surface area contributed by atoms with Crippen molar-refractivity contribution in [2.75, 3.05) is 12.4 Å². The van der Waals surface area contributed by atoms with Crippen molar-refractivity contribution < 1.29 is 19.0 Å². The number of nitrogens with one attached hydrogen (secondary N) is 1. The summed E-state index contributed by atoms with van der Waals surface area (Å²) in [7, 11) is 1.26. The molecule has 0 aliphatic rings. The molecule has 2 rings (SSSR count). The Balaban J connectivity index is 0.00000151. The van der Waals surface area contributed by atoms with E-state index in [9.17, 15) is 14.3 Å². The Morgan fingerprint density at radius 3 is 2.48 bits per heavy atom. The van der Waals surface area contributed by atoms with E-state index >= 15 is 0 Å². The van der Waals surface area contributed by atoms with Gasteiger partial charge in [-0.25, -0.2) is 9.18 Å². The van der Waals surface area contributed by atoms with Crippen LogP contribution < -0.4 is 5.32 Å². The van der Waals surface area contributed by atoms with Crippen molar-refractivity contribution in [2.45, 2.75) is 20.1 Å². The lowest BCUT2D eigenvalue weighted by atomic mass is 10.1. The molecule has 4 nitrogen and oxygen atoms in total. The molecule has 25 heavy (non-hydrogen) atoms. The number of ether oxygens (including phenoxy) is 1. The molecule has 1 unspecified atom stereocenters. The third-order valence-corrected chi connectivity index (χ3v) is 3.55. The molecule has 0 amide bonds. The van der Waals surface area contributed by atoms with Crippen LogP contribution in [0.4, 0.5) is 10.1 Å². The molecule has 1 atom stereocenters. The largest absolute Gasteiger partial charge is 0.466 e. The zero-order valence-corrected chi connectivity index (χ0v) is 15.9. The normalized spacial score (nSPS) is 11.4. The van der Waals surface area contributed by atoms with Crippen LogP contribution in [0.5, 0.6) is 0 Å². The topological polar surface area (TPSA) is 58.6 Å². The molecular weight excluding hydrogens is 389 g/mol. The van der Waals surface area contributed by atoms with Gasteiger partial charge in [0.25, 0.3) is 0 Å². The van der Waals surface area contributed by atoms with Crippen LogP contribution in [-0.2, 0) is 9.53 Å². The van der Waals surface area contributed by atoms with Crippen LogP contribution in [-0.4, -0.2) is 18.2 Å². The monoisotopic (exact) mass is 409 g/mol. The van der Waals surface area contributed by atoms with Crippen molar-refractivity contribution in [2.24, 2.45) is 0 Å². The van der Waals surface area contributed by atoms with Gasteiger partial charge in [0, 0.05) is 21.8 Å². The molecule has 0 aliphatic carbocycles. The fraction of sp³-hybridized carbons (Fsp3) is 0.211. The standard InChI is InChI=1S/C17H15BrFNO3.C2H6/c1-23-16(21)7-2-11-8-14(19)10-15(9-11)20-17(22)12-3-5-13(18)6-4-12;1-2/h2-10,17,20,22H,1H3;1-2H3/b7-2+;. The summed E-state index contributed by atoms with van der Waals surface area (Å²) in [6, 6.07) is 11.3. The summed E-state index contributed by atoms with van der Waals surface area (Å²) >= 11 is 3.32. The van der Waals surface area contributed by atoms with Gasteiger partial charge in [-0.15, -0.1) is 0 Å². The maximum absolute atomic E-state index is 13.7. The number of rotatable bonds is 5. The summed E-state index contributed by atoms with van der Waals surface area (Å²) in [4.78, 5) is 11.1. The smallest absolute Gasteiger partial charge is 0.330 e. The van der Waals surface area contributed by atoms with Crippen LogP contribution in [0.3, 0.4) is 0 Å². The molecule has 0 radical (unpaired) electrons. The third-order valence-electron chi connectivity index (χ3n) is 3.02. The highest BCUT2D eigenvalue weighted by atomic mass is 79.9. The number of aliphatic hydroxyl groups excluding tert-OH is 1. The Hall–Kier alpha value is -2.18. The van der Waals surface area contributed by atoms with Crippen LogP contribution in [0, 0.1) is 5.82 Å². The zero-order valence-electron chi connectivity index (χ0n) is 14.3. The minimum atomic E-state index is -0.984. The average molecular weight is 410 g/mol. The van der Waals surface area contributed by atoms with Crippen LogP contribution in [0.2, 0.25) is 0 Å². The molecule has 6 heteroatoms. The molecule has 0 saturated heterocycles. The van der Waals surface area contributed by atoms with E-state index in [1.54, 1.807) is 30.3 Å². The highest BCUT2D eigenvalue weighted by molar-refractivity contribution is 9.10. The lowest BCUT2D eigenvalue weighted by molar-refractivity contribution is -0.134. The number of benzene rings is 2. The molecule has 2 aromatic carbocycles. The van der Waals surface area contributed by atoms with Crippen molar-refractivity contribution >= 4 is 33.7 Å². The fourth-order valence-electron chi connectivity index (χ4n) is 1.91. The number of hydrogen-bond acceptors (Lipinski definition) is 4. The van der Waals surface area contributed by atoms with Crippen LogP contribution >= 0.6 is 15.9 Å². The number of carbonyl (C=O) groups excluding carboxylic acids is 1. The summed E-state index contributed by atoms with van der Waals surface area (Å²) in [5.41, 5.74) is 1.51. The molecule has 0 heterocycles. The zero-order chi connectivity index (χ0) is 18.8. The lowest BCUT2D eigenvalue weighted by Crippen LogP contribution is -2.09. The number of carbonyl (C=O) groups is 1. The quantitative estimate of drug-likeness (QED) is 0.418. The van der Waals surface area contributed by atoms with Crippen molar-refractivity contribution in [3.05, 3.63) is 70.0 Å². The number of hydrogen-bond donors (Lipinski definition) is 2. The number of halogens is 2. The van der Waals surface area contributed by atoms with Gasteiger partial charge in [0.15, 0.2) is 6.23 Å². The minimum absolute atomic E-state index is 0.393. The van der Waals surface area contributed by atoms with E-state index in [0.29, 0.717) is 16.8 Å². The summed E-state index contributed by atoms with van der Waals surface area (Å²) in [5, 5.41) is 13.0. The fourth-order valence-corrected chi connectivity index (χ4v) is 2.17. The van der Waals surface area contributed by atoms with Gasteiger partial charge < -0.3 is 15.2 Å². The van der Waals surface area contributed by atoms with Gasteiger partial charge in [-0.05, 0) is 42.0 Å². The van der Waals surface area contributed by atoms with Crippen LogP contribution in [0.1, 0.15) is 31.2 Å². The summed E-state index contributed by atoms with van der Waals surface area (Å²) in [5.74, 6) is -1.01. The third kappa shape index (κ3) is 7.07. The molecule has 2 N–H and O–H groups in total. The van der Waals surface area contributed by atoms with E-state index in [1.807, 2.05) is 13.8 Å². The molecule has 2 aromatic rings. The summed E-state index contributed by atoms with van der Waals surface area (Å²) in [6.07, 6.45) is 1.65. The molecule has 0 aliphatic heterocycles. The average Bonchev–Trinajstić information content (AvgIpc) is 2.61. The van der Waals surface area contributed by atoms with Crippen LogP contribution in [0.15, 0.2) is 53.0 Å². The van der Waals surface area contributed by atoms with Crippen LogP contribution in [0.25, 0.3) is 6.08 Å². The molecule has 134 valence electrons. The van der Waals surface area contributed by atoms with E-state index in [4.69, 9.17) is 0 Å². The lowest BCUT2D eigenvalue weighted by Gasteiger charge is -2.15. The molecular formula is C19H21BrFNO3. The van der Waals surface area contributed by atoms with Gasteiger partial charge >= 0.3 is 5.97 Å². The second kappa shape index (κ2) is 10.6. The van der Waals surface area contributed by atoms with E-state index in [0.717, 1.165) is 4.47 Å². The number of methoxy groups -OCH3 is 1. The highest BCUT2D eigenvalue weighted by Crippen LogP contribution is 2.22. The van der Waals surface area contributed by atoms with E-state index in [2.05, 4.69) is 26.0 Å². The first-order valence-electron chi connectivity index (χ1n) is 7.74. The van der Waals surface area contributed by atoms with Gasteiger partial charge in [0.05, 0.1) is 7.11 Å². The van der Waals surface area contributed by atoms with E-state index in [-0.39, 0.29) is 0 Å². The van der Waals surface area contributed by atoms with Gasteiger partial charge in [-0.3, -0.25) is 0 Å². The second-order valence-electron chi connectivity index (χ2n) is 4.73. The Morgan fingerprint density at radius 2 is 1.88 bits per heavy atom. The first-order chi connectivity index (χ1) is 12.0. The minimum Gasteiger partial charge on any atom is -0.466 e. The predicted octanol–water partition coefficient (Wildman–Crippen LogP) is 4.90. The Kier molecular flexibility index (Phi) is 8.88. The molecule has 0 aromatic heterocycles. The molecule has 0 spiro atoms. The van der Waals surface area contributed by atoms with Gasteiger partial charge in [-0.2, -0.15) is 0 Å². The maximum Gasteiger partial charge on any atom is 0.330 e. The highest BCUT2D eigenvalue weighted by Gasteiger charge is 2.08. The molecule has 0 fully saturated rings.